The molecule has 0 aliphatic carbocycles. The van der Waals surface area contributed by atoms with E-state index in [2.05, 4.69) is 0 Å². The van der Waals surface area contributed by atoms with Crippen molar-refractivity contribution in [1.29, 1.82) is 0 Å². The standard InChI is InChI=1S/C17H14O3S/c1-19-13-7-6-12-9-15(17(18)20-16(12)10-13)11-4-3-5-14(8-11)21-2/h3-10H,1-2H3. The highest BCUT2D eigenvalue weighted by Gasteiger charge is 2.09. The summed E-state index contributed by atoms with van der Waals surface area (Å²) in [5.41, 5.74) is 1.63. The molecule has 0 fully saturated rings. The van der Waals surface area contributed by atoms with E-state index >= 15 is 0 Å². The molecule has 4 heteroatoms. The van der Waals surface area contributed by atoms with Gasteiger partial charge in [-0.3, -0.25) is 0 Å². The molecule has 0 unspecified atom stereocenters. The fourth-order valence-corrected chi connectivity index (χ4v) is 2.67. The van der Waals surface area contributed by atoms with Crippen molar-refractivity contribution in [2.45, 2.75) is 4.90 Å². The Morgan fingerprint density at radius 2 is 1.95 bits per heavy atom. The smallest absolute Gasteiger partial charge is 0.344 e. The maximum absolute atomic E-state index is 12.2. The molecule has 0 atom stereocenters. The van der Waals surface area contributed by atoms with E-state index in [9.17, 15) is 4.79 Å². The van der Waals surface area contributed by atoms with Gasteiger partial charge in [0.25, 0.3) is 0 Å². The summed E-state index contributed by atoms with van der Waals surface area (Å²) in [6.45, 7) is 0. The zero-order chi connectivity index (χ0) is 14.8. The van der Waals surface area contributed by atoms with E-state index < -0.39 is 0 Å². The second kappa shape index (κ2) is 5.66. The predicted molar refractivity (Wildman–Crippen MR) is 86.3 cm³/mol. The number of rotatable bonds is 3. The first kappa shape index (κ1) is 13.8. The Morgan fingerprint density at radius 1 is 1.10 bits per heavy atom. The number of methoxy groups -OCH3 is 1. The predicted octanol–water partition coefficient (Wildman–Crippen LogP) is 4.19. The van der Waals surface area contributed by atoms with Gasteiger partial charge in [0.05, 0.1) is 12.7 Å². The van der Waals surface area contributed by atoms with Crippen LogP contribution in [0.1, 0.15) is 0 Å². The molecule has 1 aromatic heterocycles. The van der Waals surface area contributed by atoms with Crippen molar-refractivity contribution in [1.82, 2.24) is 0 Å². The van der Waals surface area contributed by atoms with Gasteiger partial charge in [0.2, 0.25) is 0 Å². The van der Waals surface area contributed by atoms with Crippen LogP contribution in [-0.2, 0) is 0 Å². The Morgan fingerprint density at radius 3 is 2.71 bits per heavy atom. The van der Waals surface area contributed by atoms with E-state index in [0.29, 0.717) is 16.9 Å². The first-order chi connectivity index (χ1) is 10.2. The van der Waals surface area contributed by atoms with Crippen LogP contribution in [0, 0.1) is 0 Å². The third kappa shape index (κ3) is 2.67. The minimum Gasteiger partial charge on any atom is -0.497 e. The molecule has 3 rings (SSSR count). The minimum atomic E-state index is -0.339. The first-order valence-electron chi connectivity index (χ1n) is 6.47. The van der Waals surface area contributed by atoms with Crippen molar-refractivity contribution in [3.05, 3.63) is 59.0 Å². The number of hydrogen-bond acceptors (Lipinski definition) is 4. The molecule has 0 bridgehead atoms. The third-order valence-corrected chi connectivity index (χ3v) is 4.05. The SMILES string of the molecule is COc1ccc2cc(-c3cccc(SC)c3)c(=O)oc2c1. The minimum absolute atomic E-state index is 0.339. The zero-order valence-corrected chi connectivity index (χ0v) is 12.6. The molecule has 1 heterocycles. The summed E-state index contributed by atoms with van der Waals surface area (Å²) in [5, 5.41) is 0.875. The van der Waals surface area contributed by atoms with Crippen molar-refractivity contribution in [3.8, 4) is 16.9 Å². The highest BCUT2D eigenvalue weighted by Crippen LogP contribution is 2.26. The molecule has 106 valence electrons. The van der Waals surface area contributed by atoms with Crippen molar-refractivity contribution < 1.29 is 9.15 Å². The summed E-state index contributed by atoms with van der Waals surface area (Å²) in [6, 6.07) is 15.2. The Balaban J connectivity index is 2.19. The summed E-state index contributed by atoms with van der Waals surface area (Å²) in [5.74, 6) is 0.669. The van der Waals surface area contributed by atoms with Gasteiger partial charge in [0.15, 0.2) is 0 Å². The Labute approximate surface area is 126 Å². The van der Waals surface area contributed by atoms with Gasteiger partial charge in [0, 0.05) is 16.3 Å². The zero-order valence-electron chi connectivity index (χ0n) is 11.8. The third-order valence-electron chi connectivity index (χ3n) is 3.32. The van der Waals surface area contributed by atoms with Gasteiger partial charge in [-0.2, -0.15) is 0 Å². The van der Waals surface area contributed by atoms with Crippen LogP contribution in [0.3, 0.4) is 0 Å². The average molecular weight is 298 g/mol. The second-order valence-corrected chi connectivity index (χ2v) is 5.46. The summed E-state index contributed by atoms with van der Waals surface area (Å²) < 4.78 is 10.6. The highest BCUT2D eigenvalue weighted by molar-refractivity contribution is 7.98. The lowest BCUT2D eigenvalue weighted by atomic mass is 10.1. The van der Waals surface area contributed by atoms with E-state index in [1.165, 1.54) is 0 Å². The van der Waals surface area contributed by atoms with Crippen LogP contribution in [-0.4, -0.2) is 13.4 Å². The molecule has 0 radical (unpaired) electrons. The molecular weight excluding hydrogens is 284 g/mol. The fraction of sp³-hybridized carbons (Fsp3) is 0.118. The Bertz CT molecular complexity index is 852. The van der Waals surface area contributed by atoms with Crippen LogP contribution in [0.25, 0.3) is 22.1 Å². The highest BCUT2D eigenvalue weighted by atomic mass is 32.2. The lowest BCUT2D eigenvalue weighted by molar-refractivity contribution is 0.414. The lowest BCUT2D eigenvalue weighted by Gasteiger charge is -2.05. The van der Waals surface area contributed by atoms with Crippen molar-refractivity contribution >= 4 is 22.7 Å². The summed E-state index contributed by atoms with van der Waals surface area (Å²) in [6.07, 6.45) is 2.01. The van der Waals surface area contributed by atoms with Gasteiger partial charge >= 0.3 is 5.63 Å². The van der Waals surface area contributed by atoms with E-state index in [1.807, 2.05) is 48.7 Å². The molecule has 0 aliphatic heterocycles. The van der Waals surface area contributed by atoms with Crippen molar-refractivity contribution in [2.75, 3.05) is 13.4 Å². The molecule has 0 spiro atoms. The van der Waals surface area contributed by atoms with Crippen molar-refractivity contribution in [2.24, 2.45) is 0 Å². The Hall–Kier alpha value is -2.20. The average Bonchev–Trinajstić information content (AvgIpc) is 2.53. The van der Waals surface area contributed by atoms with E-state index in [0.717, 1.165) is 15.8 Å². The van der Waals surface area contributed by atoms with Crippen LogP contribution >= 0.6 is 11.8 Å². The lowest BCUT2D eigenvalue weighted by Crippen LogP contribution is -2.02. The molecule has 21 heavy (non-hydrogen) atoms. The van der Waals surface area contributed by atoms with Crippen molar-refractivity contribution in [3.63, 3.8) is 0 Å². The Kier molecular flexibility index (Phi) is 3.71. The molecule has 0 aliphatic rings. The maximum atomic E-state index is 12.2. The van der Waals surface area contributed by atoms with Crippen LogP contribution in [0.4, 0.5) is 0 Å². The van der Waals surface area contributed by atoms with Crippen LogP contribution in [0.15, 0.2) is 62.6 Å². The van der Waals surface area contributed by atoms with Gasteiger partial charge in [-0.25, -0.2) is 4.79 Å². The molecule has 0 N–H and O–H groups in total. The van der Waals surface area contributed by atoms with Gasteiger partial charge in [-0.05, 0) is 42.2 Å². The number of fused-ring (bicyclic) bond motifs is 1. The van der Waals surface area contributed by atoms with Gasteiger partial charge in [-0.15, -0.1) is 11.8 Å². The molecular formula is C17H14O3S. The van der Waals surface area contributed by atoms with E-state index in [1.54, 1.807) is 24.9 Å². The van der Waals surface area contributed by atoms with Crippen LogP contribution < -0.4 is 10.4 Å². The van der Waals surface area contributed by atoms with Gasteiger partial charge < -0.3 is 9.15 Å². The second-order valence-electron chi connectivity index (χ2n) is 4.58. The van der Waals surface area contributed by atoms with E-state index in [-0.39, 0.29) is 5.63 Å². The maximum Gasteiger partial charge on any atom is 0.344 e. The fourth-order valence-electron chi connectivity index (χ4n) is 2.21. The van der Waals surface area contributed by atoms with Crippen LogP contribution in [0.5, 0.6) is 5.75 Å². The molecule has 0 amide bonds. The van der Waals surface area contributed by atoms with E-state index in [4.69, 9.17) is 9.15 Å². The largest absolute Gasteiger partial charge is 0.497 e. The van der Waals surface area contributed by atoms with Gasteiger partial charge in [-0.1, -0.05) is 12.1 Å². The van der Waals surface area contributed by atoms with Crippen LogP contribution in [0.2, 0.25) is 0 Å². The first-order valence-corrected chi connectivity index (χ1v) is 7.70. The normalized spacial score (nSPS) is 10.8. The number of ether oxygens (including phenoxy) is 1. The molecule has 3 nitrogen and oxygen atoms in total. The number of thioether (sulfide) groups is 1. The topological polar surface area (TPSA) is 39.4 Å². The monoisotopic (exact) mass is 298 g/mol. The number of benzene rings is 2. The molecule has 0 saturated carbocycles. The molecule has 3 aromatic rings. The van der Waals surface area contributed by atoms with Gasteiger partial charge in [0.1, 0.15) is 11.3 Å². The summed E-state index contributed by atoms with van der Waals surface area (Å²) in [7, 11) is 1.58. The quantitative estimate of drug-likeness (QED) is 0.537. The molecule has 2 aromatic carbocycles. The summed E-state index contributed by atoms with van der Waals surface area (Å²) in [4.78, 5) is 13.3. The molecule has 0 saturated heterocycles. The summed E-state index contributed by atoms with van der Waals surface area (Å²) >= 11 is 1.64. The number of hydrogen-bond donors (Lipinski definition) is 0.